The maximum atomic E-state index is 6.14. The van der Waals surface area contributed by atoms with Gasteiger partial charge in [-0.15, -0.1) is 11.6 Å². The monoisotopic (exact) mass is 309 g/mol. The Morgan fingerprint density at radius 3 is 2.76 bits per heavy atom. The molecule has 1 aliphatic rings. The van der Waals surface area contributed by atoms with Crippen molar-refractivity contribution in [2.45, 2.75) is 58.6 Å². The average molecular weight is 310 g/mol. The molecule has 1 unspecified atom stereocenters. The Balaban J connectivity index is 2.03. The van der Waals surface area contributed by atoms with E-state index in [0.29, 0.717) is 11.9 Å². The van der Waals surface area contributed by atoms with Gasteiger partial charge in [-0.3, -0.25) is 4.90 Å². The van der Waals surface area contributed by atoms with Crippen molar-refractivity contribution < 1.29 is 0 Å². The van der Waals surface area contributed by atoms with Crippen molar-refractivity contribution in [3.8, 4) is 0 Å². The van der Waals surface area contributed by atoms with E-state index in [1.54, 1.807) is 0 Å². The molecule has 3 heterocycles. The molecule has 0 aromatic carbocycles. The summed E-state index contributed by atoms with van der Waals surface area (Å²) in [6.45, 7) is 10.5. The lowest BCUT2D eigenvalue weighted by Crippen LogP contribution is -2.33. The molecule has 1 atom stereocenters. The third-order valence-corrected chi connectivity index (χ3v) is 4.83. The lowest BCUT2D eigenvalue weighted by atomic mass is 10.2. The highest BCUT2D eigenvalue weighted by molar-refractivity contribution is 6.16. The molecular formula is C15H24ClN5. The van der Waals surface area contributed by atoms with Gasteiger partial charge in [0.05, 0.1) is 11.6 Å². The highest BCUT2D eigenvalue weighted by atomic mass is 35.5. The van der Waals surface area contributed by atoms with Gasteiger partial charge in [0, 0.05) is 19.1 Å². The number of hydrogen-bond acceptors (Lipinski definition) is 3. The van der Waals surface area contributed by atoms with Crippen molar-refractivity contribution >= 4 is 22.8 Å². The van der Waals surface area contributed by atoms with E-state index >= 15 is 0 Å². The summed E-state index contributed by atoms with van der Waals surface area (Å²) in [4.78, 5) is 7.28. The largest absolute Gasteiger partial charge is 0.310 e. The van der Waals surface area contributed by atoms with E-state index in [0.717, 1.165) is 42.3 Å². The molecule has 1 fully saturated rings. The van der Waals surface area contributed by atoms with Gasteiger partial charge in [0.25, 0.3) is 0 Å². The van der Waals surface area contributed by atoms with Gasteiger partial charge in [0.15, 0.2) is 5.65 Å². The zero-order valence-corrected chi connectivity index (χ0v) is 13.9. The number of likely N-dealkylation sites (N-methyl/N-ethyl adjacent to an activating group) is 1. The highest BCUT2D eigenvalue weighted by Gasteiger charge is 2.26. The second kappa shape index (κ2) is 5.97. The third-order valence-electron chi connectivity index (χ3n) is 4.60. The van der Waals surface area contributed by atoms with Crippen LogP contribution in [0.4, 0.5) is 0 Å². The molecule has 6 heteroatoms. The highest BCUT2D eigenvalue weighted by Crippen LogP contribution is 2.25. The molecule has 3 rings (SSSR count). The first-order chi connectivity index (χ1) is 10.2. The number of likely N-dealkylation sites (tertiary alicyclic amines) is 1. The van der Waals surface area contributed by atoms with Crippen LogP contribution < -0.4 is 0 Å². The van der Waals surface area contributed by atoms with E-state index in [-0.39, 0.29) is 0 Å². The number of nitrogens with zero attached hydrogens (tertiary/aromatic N) is 5. The molecule has 0 radical (unpaired) electrons. The molecule has 116 valence electrons. The zero-order valence-electron chi connectivity index (χ0n) is 13.1. The molecule has 1 saturated heterocycles. The topological polar surface area (TPSA) is 38.9 Å². The summed E-state index contributed by atoms with van der Waals surface area (Å²) in [6, 6.07) is 0.592. The van der Waals surface area contributed by atoms with Crippen molar-refractivity contribution in [2.75, 3.05) is 13.1 Å². The SMILES string of the molecule is CCN1CCCC1Cn1c(CCl)nc2c(C)nn(CC)c21. The fourth-order valence-electron chi connectivity index (χ4n) is 3.51. The smallest absolute Gasteiger partial charge is 0.159 e. The second-order valence-electron chi connectivity index (χ2n) is 5.77. The number of aromatic nitrogens is 4. The lowest BCUT2D eigenvalue weighted by molar-refractivity contribution is 0.244. The van der Waals surface area contributed by atoms with Crippen molar-refractivity contribution in [3.63, 3.8) is 0 Å². The quantitative estimate of drug-likeness (QED) is 0.797. The van der Waals surface area contributed by atoms with Crippen LogP contribution in [0.3, 0.4) is 0 Å². The van der Waals surface area contributed by atoms with Crippen LogP contribution in [-0.4, -0.2) is 43.4 Å². The van der Waals surface area contributed by atoms with Crippen LogP contribution in [0.15, 0.2) is 0 Å². The molecule has 1 aliphatic heterocycles. The van der Waals surface area contributed by atoms with Crippen molar-refractivity contribution in [1.82, 2.24) is 24.2 Å². The summed E-state index contributed by atoms with van der Waals surface area (Å²) < 4.78 is 4.35. The molecule has 0 N–H and O–H groups in total. The summed E-state index contributed by atoms with van der Waals surface area (Å²) >= 11 is 6.14. The molecule has 0 saturated carbocycles. The van der Waals surface area contributed by atoms with Crippen molar-refractivity contribution in [3.05, 3.63) is 11.5 Å². The maximum absolute atomic E-state index is 6.14. The predicted octanol–water partition coefficient (Wildman–Crippen LogP) is 2.78. The Bertz CT molecular complexity index is 630. The summed E-state index contributed by atoms with van der Waals surface area (Å²) in [6.07, 6.45) is 2.55. The molecule has 2 aromatic heterocycles. The summed E-state index contributed by atoms with van der Waals surface area (Å²) in [5.41, 5.74) is 3.14. The normalized spacial score (nSPS) is 19.9. The fraction of sp³-hybridized carbons (Fsp3) is 0.733. The standard InChI is InChI=1S/C15H24ClN5/c1-4-19-8-6-7-12(19)10-20-13(9-16)17-14-11(3)18-21(5-2)15(14)20/h12H,4-10H2,1-3H3. The van der Waals surface area contributed by atoms with E-state index in [9.17, 15) is 0 Å². The van der Waals surface area contributed by atoms with Crippen LogP contribution >= 0.6 is 11.6 Å². The fourth-order valence-corrected chi connectivity index (χ4v) is 3.72. The molecule has 21 heavy (non-hydrogen) atoms. The van der Waals surface area contributed by atoms with Crippen LogP contribution in [0.1, 0.15) is 38.2 Å². The van der Waals surface area contributed by atoms with Gasteiger partial charge in [-0.05, 0) is 39.8 Å². The molecular weight excluding hydrogens is 286 g/mol. The van der Waals surface area contributed by atoms with Gasteiger partial charge in [0.2, 0.25) is 0 Å². The Hall–Kier alpha value is -1.07. The van der Waals surface area contributed by atoms with E-state index in [1.807, 2.05) is 6.92 Å². The first-order valence-corrected chi connectivity index (χ1v) is 8.45. The number of aryl methyl sites for hydroxylation is 2. The number of hydrogen-bond donors (Lipinski definition) is 0. The lowest BCUT2D eigenvalue weighted by Gasteiger charge is -2.24. The number of rotatable bonds is 5. The summed E-state index contributed by atoms with van der Waals surface area (Å²) in [7, 11) is 0. The molecule has 0 amide bonds. The zero-order chi connectivity index (χ0) is 15.0. The van der Waals surface area contributed by atoms with Gasteiger partial charge in [-0.25, -0.2) is 9.67 Å². The second-order valence-corrected chi connectivity index (χ2v) is 6.04. The average Bonchev–Trinajstić information content (AvgIpc) is 3.16. The third kappa shape index (κ3) is 2.46. The number of halogens is 1. The van der Waals surface area contributed by atoms with Gasteiger partial charge >= 0.3 is 0 Å². The van der Waals surface area contributed by atoms with E-state index in [1.165, 1.54) is 19.4 Å². The summed E-state index contributed by atoms with van der Waals surface area (Å²) in [5.74, 6) is 1.42. The summed E-state index contributed by atoms with van der Waals surface area (Å²) in [5, 5.41) is 4.59. The van der Waals surface area contributed by atoms with Crippen LogP contribution in [0.5, 0.6) is 0 Å². The van der Waals surface area contributed by atoms with Crippen molar-refractivity contribution in [2.24, 2.45) is 0 Å². The Morgan fingerprint density at radius 1 is 1.29 bits per heavy atom. The van der Waals surface area contributed by atoms with Gasteiger partial charge in [-0.1, -0.05) is 6.92 Å². The molecule has 5 nitrogen and oxygen atoms in total. The minimum Gasteiger partial charge on any atom is -0.310 e. The first-order valence-electron chi connectivity index (χ1n) is 7.92. The first kappa shape index (κ1) is 14.9. The van der Waals surface area contributed by atoms with Crippen LogP contribution in [0, 0.1) is 6.92 Å². The predicted molar refractivity (Wildman–Crippen MR) is 85.8 cm³/mol. The minimum atomic E-state index is 0.455. The number of fused-ring (bicyclic) bond motifs is 1. The Morgan fingerprint density at radius 2 is 2.10 bits per heavy atom. The number of imidazole rings is 1. The molecule has 0 bridgehead atoms. The van der Waals surface area contributed by atoms with Gasteiger partial charge in [-0.2, -0.15) is 5.10 Å². The Labute approximate surface area is 130 Å². The Kier molecular flexibility index (Phi) is 4.22. The van der Waals surface area contributed by atoms with E-state index < -0.39 is 0 Å². The van der Waals surface area contributed by atoms with Crippen LogP contribution in [0.2, 0.25) is 0 Å². The number of alkyl halides is 1. The van der Waals surface area contributed by atoms with Gasteiger partial charge in [0.1, 0.15) is 11.3 Å². The van der Waals surface area contributed by atoms with E-state index in [4.69, 9.17) is 16.6 Å². The van der Waals surface area contributed by atoms with E-state index in [2.05, 4.69) is 33.1 Å². The molecule has 0 spiro atoms. The minimum absolute atomic E-state index is 0.455. The van der Waals surface area contributed by atoms with Crippen LogP contribution in [0.25, 0.3) is 11.2 Å². The van der Waals surface area contributed by atoms with Crippen molar-refractivity contribution in [1.29, 1.82) is 0 Å². The van der Waals surface area contributed by atoms with Crippen LogP contribution in [-0.2, 0) is 19.0 Å². The van der Waals surface area contributed by atoms with Gasteiger partial charge < -0.3 is 4.57 Å². The molecule has 2 aromatic rings. The maximum Gasteiger partial charge on any atom is 0.159 e. The molecule has 0 aliphatic carbocycles.